The fraction of sp³-hybridized carbons (Fsp3) is 0.500. The number of aliphatic imine (C=N–C) groups is 1. The van der Waals surface area contributed by atoms with Gasteiger partial charge >= 0.3 is 0 Å². The molecular formula is C18H27IN4O. The normalized spacial score (nSPS) is 16.2. The Bertz CT molecular complexity index is 629. The number of likely N-dealkylation sites (tertiary alicyclic amines) is 1. The number of hydrogen-bond acceptors (Lipinski definition) is 2. The van der Waals surface area contributed by atoms with E-state index in [1.807, 2.05) is 7.05 Å². The summed E-state index contributed by atoms with van der Waals surface area (Å²) in [4.78, 5) is 10.2. The van der Waals surface area contributed by atoms with Crippen molar-refractivity contribution in [1.82, 2.24) is 15.2 Å². The molecule has 1 aromatic carbocycles. The molecule has 2 heterocycles. The van der Waals surface area contributed by atoms with E-state index < -0.39 is 0 Å². The standard InChI is InChI=1S/C18H26N4O.HI/c1-3-23-16-8-10-22(11-9-16)18(19-2)20-13-15-12-14-6-4-5-7-17(14)21-15;/h4-7,12,16,21H,3,8-11,13H2,1-2H3,(H,19,20);1H. The Kier molecular flexibility index (Phi) is 7.36. The molecule has 24 heavy (non-hydrogen) atoms. The average molecular weight is 442 g/mol. The van der Waals surface area contributed by atoms with Crippen LogP contribution in [0.4, 0.5) is 0 Å². The van der Waals surface area contributed by atoms with Gasteiger partial charge in [-0.1, -0.05) is 18.2 Å². The molecule has 0 bridgehead atoms. The highest BCUT2D eigenvalue weighted by Gasteiger charge is 2.21. The lowest BCUT2D eigenvalue weighted by Gasteiger charge is -2.34. The van der Waals surface area contributed by atoms with Crippen molar-refractivity contribution in [2.45, 2.75) is 32.4 Å². The molecule has 0 saturated carbocycles. The maximum absolute atomic E-state index is 5.72. The Morgan fingerprint density at radius 1 is 1.33 bits per heavy atom. The molecule has 1 fully saturated rings. The first-order chi connectivity index (χ1) is 11.3. The van der Waals surface area contributed by atoms with Crippen LogP contribution < -0.4 is 5.32 Å². The molecule has 2 aromatic rings. The summed E-state index contributed by atoms with van der Waals surface area (Å²) < 4.78 is 5.72. The molecule has 0 radical (unpaired) electrons. The first-order valence-corrected chi connectivity index (χ1v) is 8.44. The van der Waals surface area contributed by atoms with E-state index in [9.17, 15) is 0 Å². The largest absolute Gasteiger partial charge is 0.378 e. The summed E-state index contributed by atoms with van der Waals surface area (Å²) in [6, 6.07) is 10.5. The van der Waals surface area contributed by atoms with E-state index in [4.69, 9.17) is 4.74 Å². The second kappa shape index (κ2) is 9.27. The van der Waals surface area contributed by atoms with Crippen LogP contribution >= 0.6 is 24.0 Å². The molecule has 0 aliphatic carbocycles. The monoisotopic (exact) mass is 442 g/mol. The number of nitrogens with one attached hydrogen (secondary N) is 2. The number of para-hydroxylation sites is 1. The number of piperidine rings is 1. The van der Waals surface area contributed by atoms with Crippen LogP contribution in [-0.2, 0) is 11.3 Å². The van der Waals surface area contributed by atoms with Crippen LogP contribution in [0.1, 0.15) is 25.5 Å². The van der Waals surface area contributed by atoms with Gasteiger partial charge in [-0.05, 0) is 37.3 Å². The molecule has 0 spiro atoms. The van der Waals surface area contributed by atoms with Crippen LogP contribution in [0, 0.1) is 0 Å². The molecular weight excluding hydrogens is 415 g/mol. The van der Waals surface area contributed by atoms with Crippen LogP contribution in [0.5, 0.6) is 0 Å². The van der Waals surface area contributed by atoms with Crippen molar-refractivity contribution in [3.05, 3.63) is 36.0 Å². The Labute approximate surface area is 160 Å². The van der Waals surface area contributed by atoms with E-state index in [1.54, 1.807) is 0 Å². The molecule has 1 aromatic heterocycles. The van der Waals surface area contributed by atoms with Crippen molar-refractivity contribution in [2.75, 3.05) is 26.7 Å². The van der Waals surface area contributed by atoms with Crippen molar-refractivity contribution in [2.24, 2.45) is 4.99 Å². The average Bonchev–Trinajstić information content (AvgIpc) is 3.00. The van der Waals surface area contributed by atoms with Crippen LogP contribution in [-0.4, -0.2) is 48.7 Å². The third-order valence-electron chi connectivity index (χ3n) is 4.38. The van der Waals surface area contributed by atoms with Gasteiger partial charge in [-0.2, -0.15) is 0 Å². The lowest BCUT2D eigenvalue weighted by atomic mass is 10.1. The summed E-state index contributed by atoms with van der Waals surface area (Å²) in [7, 11) is 1.85. The van der Waals surface area contributed by atoms with Crippen molar-refractivity contribution in [1.29, 1.82) is 0 Å². The molecule has 6 heteroatoms. The third kappa shape index (κ3) is 4.63. The van der Waals surface area contributed by atoms with E-state index in [2.05, 4.69) is 57.4 Å². The van der Waals surface area contributed by atoms with Crippen molar-refractivity contribution >= 4 is 40.8 Å². The molecule has 3 rings (SSSR count). The maximum Gasteiger partial charge on any atom is 0.193 e. The molecule has 0 amide bonds. The predicted octanol–water partition coefficient (Wildman–Crippen LogP) is 3.36. The number of rotatable bonds is 4. The number of aromatic amines is 1. The van der Waals surface area contributed by atoms with E-state index in [0.717, 1.165) is 45.0 Å². The summed E-state index contributed by atoms with van der Waals surface area (Å²) in [6.45, 7) is 5.62. The van der Waals surface area contributed by atoms with E-state index >= 15 is 0 Å². The van der Waals surface area contributed by atoms with Gasteiger partial charge in [0.05, 0.1) is 12.6 Å². The van der Waals surface area contributed by atoms with Crippen molar-refractivity contribution in [3.8, 4) is 0 Å². The highest BCUT2D eigenvalue weighted by molar-refractivity contribution is 14.0. The lowest BCUT2D eigenvalue weighted by Crippen LogP contribution is -2.46. The van der Waals surface area contributed by atoms with Gasteiger partial charge in [0.2, 0.25) is 0 Å². The van der Waals surface area contributed by atoms with Gasteiger partial charge in [-0.15, -0.1) is 24.0 Å². The third-order valence-corrected chi connectivity index (χ3v) is 4.38. The Morgan fingerprint density at radius 2 is 2.08 bits per heavy atom. The maximum atomic E-state index is 5.72. The van der Waals surface area contributed by atoms with Gasteiger partial charge in [-0.3, -0.25) is 4.99 Å². The summed E-state index contributed by atoms with van der Waals surface area (Å²) in [5.74, 6) is 0.971. The zero-order valence-corrected chi connectivity index (χ0v) is 16.7. The van der Waals surface area contributed by atoms with Gasteiger partial charge < -0.3 is 19.9 Å². The Morgan fingerprint density at radius 3 is 2.75 bits per heavy atom. The van der Waals surface area contributed by atoms with Gasteiger partial charge in [0.15, 0.2) is 5.96 Å². The zero-order chi connectivity index (χ0) is 16.1. The van der Waals surface area contributed by atoms with Crippen molar-refractivity contribution in [3.63, 3.8) is 0 Å². The lowest BCUT2D eigenvalue weighted by molar-refractivity contribution is 0.0263. The smallest absolute Gasteiger partial charge is 0.193 e. The number of aromatic nitrogens is 1. The molecule has 0 atom stereocenters. The van der Waals surface area contributed by atoms with Crippen LogP contribution in [0.3, 0.4) is 0 Å². The van der Waals surface area contributed by atoms with E-state index in [1.165, 1.54) is 16.6 Å². The first-order valence-electron chi connectivity index (χ1n) is 8.44. The Hall–Kier alpha value is -1.28. The number of guanidine groups is 1. The number of ether oxygens (including phenoxy) is 1. The van der Waals surface area contributed by atoms with Gasteiger partial charge in [0.1, 0.15) is 0 Å². The van der Waals surface area contributed by atoms with E-state index in [0.29, 0.717) is 6.10 Å². The predicted molar refractivity (Wildman–Crippen MR) is 110 cm³/mol. The summed E-state index contributed by atoms with van der Waals surface area (Å²) in [5.41, 5.74) is 2.35. The number of nitrogens with zero attached hydrogens (tertiary/aromatic N) is 2. The van der Waals surface area contributed by atoms with Gasteiger partial charge in [0.25, 0.3) is 0 Å². The first kappa shape index (κ1) is 19.1. The highest BCUT2D eigenvalue weighted by Crippen LogP contribution is 2.16. The highest BCUT2D eigenvalue weighted by atomic mass is 127. The quantitative estimate of drug-likeness (QED) is 0.434. The zero-order valence-electron chi connectivity index (χ0n) is 14.4. The van der Waals surface area contributed by atoms with E-state index in [-0.39, 0.29) is 24.0 Å². The summed E-state index contributed by atoms with van der Waals surface area (Å²) >= 11 is 0. The SMILES string of the molecule is CCOC1CCN(C(=NC)NCc2cc3ccccc3[nH]2)CC1.I. The second-order valence-electron chi connectivity index (χ2n) is 5.92. The topological polar surface area (TPSA) is 52.6 Å². The van der Waals surface area contributed by atoms with Gasteiger partial charge in [0, 0.05) is 38.0 Å². The minimum atomic E-state index is 0. The summed E-state index contributed by atoms with van der Waals surface area (Å²) in [6.07, 6.45) is 2.55. The minimum absolute atomic E-state index is 0. The molecule has 2 N–H and O–H groups in total. The fourth-order valence-electron chi connectivity index (χ4n) is 3.21. The fourth-order valence-corrected chi connectivity index (χ4v) is 3.21. The minimum Gasteiger partial charge on any atom is -0.378 e. The molecule has 132 valence electrons. The van der Waals surface area contributed by atoms with Crippen molar-refractivity contribution < 1.29 is 4.74 Å². The Balaban J connectivity index is 0.00000208. The molecule has 1 aliphatic heterocycles. The molecule has 5 nitrogen and oxygen atoms in total. The number of hydrogen-bond donors (Lipinski definition) is 2. The van der Waals surface area contributed by atoms with Crippen LogP contribution in [0.25, 0.3) is 10.9 Å². The molecule has 1 aliphatic rings. The number of benzene rings is 1. The number of halogens is 1. The number of H-pyrrole nitrogens is 1. The van der Waals surface area contributed by atoms with Crippen LogP contribution in [0.15, 0.2) is 35.3 Å². The van der Waals surface area contributed by atoms with Crippen LogP contribution in [0.2, 0.25) is 0 Å². The van der Waals surface area contributed by atoms with Gasteiger partial charge in [-0.25, -0.2) is 0 Å². The molecule has 0 unspecified atom stereocenters. The number of fused-ring (bicyclic) bond motifs is 1. The second-order valence-corrected chi connectivity index (χ2v) is 5.92. The summed E-state index contributed by atoms with van der Waals surface area (Å²) in [5, 5.41) is 4.71. The molecule has 1 saturated heterocycles.